The number of carbonyl (C=O) groups excluding carboxylic acids is 1. The zero-order valence-electron chi connectivity index (χ0n) is 19.6. The highest BCUT2D eigenvalue weighted by molar-refractivity contribution is 5.97. The summed E-state index contributed by atoms with van der Waals surface area (Å²) >= 11 is 0. The van der Waals surface area contributed by atoms with E-state index in [1.54, 1.807) is 6.08 Å². The van der Waals surface area contributed by atoms with Gasteiger partial charge in [-0.25, -0.2) is 0 Å². The van der Waals surface area contributed by atoms with Crippen molar-refractivity contribution >= 4 is 17.6 Å². The molecule has 1 aliphatic rings. The van der Waals surface area contributed by atoms with E-state index in [9.17, 15) is 4.79 Å². The molecule has 0 radical (unpaired) electrons. The molecule has 1 unspecified atom stereocenters. The predicted octanol–water partition coefficient (Wildman–Crippen LogP) is 3.92. The lowest BCUT2D eigenvalue weighted by atomic mass is 10.1. The number of carbonyl (C=O) groups is 1. The van der Waals surface area contributed by atoms with E-state index in [2.05, 4.69) is 59.6 Å². The summed E-state index contributed by atoms with van der Waals surface area (Å²) in [6, 6.07) is 2.16. The quantitative estimate of drug-likeness (QED) is 0.456. The molecule has 1 aromatic heterocycles. The van der Waals surface area contributed by atoms with E-state index in [0.29, 0.717) is 17.0 Å². The second-order valence-corrected chi connectivity index (χ2v) is 8.29. The van der Waals surface area contributed by atoms with Crippen LogP contribution < -0.4 is 5.32 Å². The van der Waals surface area contributed by atoms with E-state index in [1.807, 2.05) is 51.1 Å². The summed E-state index contributed by atoms with van der Waals surface area (Å²) in [7, 11) is 6.28. The molecule has 1 heterocycles. The van der Waals surface area contributed by atoms with Crippen molar-refractivity contribution in [2.45, 2.75) is 39.3 Å². The van der Waals surface area contributed by atoms with Crippen LogP contribution in [0.3, 0.4) is 0 Å². The Kier molecular flexibility index (Phi) is 9.69. The minimum atomic E-state index is -0.0825. The maximum Gasteiger partial charge on any atom is 0.251 e. The van der Waals surface area contributed by atoms with Crippen molar-refractivity contribution in [3.8, 4) is 0 Å². The third-order valence-corrected chi connectivity index (χ3v) is 4.81. The highest BCUT2D eigenvalue weighted by atomic mass is 16.5. The summed E-state index contributed by atoms with van der Waals surface area (Å²) in [5, 5.41) is 7.09. The highest BCUT2D eigenvalue weighted by Gasteiger charge is 2.15. The second-order valence-electron chi connectivity index (χ2n) is 8.29. The van der Waals surface area contributed by atoms with Crippen molar-refractivity contribution in [1.29, 1.82) is 0 Å². The first kappa shape index (κ1) is 24.6. The van der Waals surface area contributed by atoms with Gasteiger partial charge in [0.25, 0.3) is 5.91 Å². The van der Waals surface area contributed by atoms with Gasteiger partial charge in [0.2, 0.25) is 0 Å². The normalized spacial score (nSPS) is 17.1. The van der Waals surface area contributed by atoms with Gasteiger partial charge in [0, 0.05) is 42.4 Å². The van der Waals surface area contributed by atoms with Gasteiger partial charge in [-0.2, -0.15) is 0 Å². The first-order valence-electron chi connectivity index (χ1n) is 10.9. The predicted molar refractivity (Wildman–Crippen MR) is 128 cm³/mol. The number of hydrogen-bond donors (Lipinski definition) is 1. The van der Waals surface area contributed by atoms with E-state index in [1.165, 1.54) is 0 Å². The molecule has 1 N–H and O–H groups in total. The van der Waals surface area contributed by atoms with Crippen molar-refractivity contribution in [2.75, 3.05) is 34.2 Å². The molecule has 0 saturated heterocycles. The molecule has 0 aliphatic heterocycles. The average molecular weight is 425 g/mol. The van der Waals surface area contributed by atoms with Crippen LogP contribution in [-0.2, 0) is 4.79 Å². The van der Waals surface area contributed by atoms with Gasteiger partial charge in [-0.1, -0.05) is 48.5 Å². The molecule has 0 fully saturated rings. The Labute approximate surface area is 186 Å². The minimum Gasteiger partial charge on any atom is -0.356 e. The van der Waals surface area contributed by atoms with E-state index in [4.69, 9.17) is 4.52 Å². The smallest absolute Gasteiger partial charge is 0.251 e. The molecule has 6 nitrogen and oxygen atoms in total. The summed E-state index contributed by atoms with van der Waals surface area (Å²) in [5.74, 6) is 0.624. The molecule has 0 aromatic carbocycles. The van der Waals surface area contributed by atoms with E-state index in [-0.39, 0.29) is 18.0 Å². The molecule has 6 heteroatoms. The van der Waals surface area contributed by atoms with E-state index < -0.39 is 0 Å². The lowest BCUT2D eigenvalue weighted by molar-refractivity contribution is -0.117. The van der Waals surface area contributed by atoms with Gasteiger partial charge in [-0.05, 0) is 53.6 Å². The molecule has 1 atom stereocenters. The maximum atomic E-state index is 12.3. The molecule has 0 bridgehead atoms. The highest BCUT2D eigenvalue weighted by Crippen LogP contribution is 2.22. The van der Waals surface area contributed by atoms with Crippen LogP contribution in [0.1, 0.15) is 38.6 Å². The van der Waals surface area contributed by atoms with Crippen molar-refractivity contribution in [2.24, 2.45) is 0 Å². The van der Waals surface area contributed by atoms with Crippen LogP contribution in [0.25, 0.3) is 11.6 Å². The van der Waals surface area contributed by atoms with Gasteiger partial charge in [-0.15, -0.1) is 0 Å². The number of allylic oxidation sites excluding steroid dienone is 5. The summed E-state index contributed by atoms with van der Waals surface area (Å²) in [5.41, 5.74) is 2.29. The fourth-order valence-corrected chi connectivity index (χ4v) is 3.06. The molecule has 0 spiro atoms. The number of rotatable bonds is 10. The number of nitrogens with one attached hydrogen (secondary N) is 1. The van der Waals surface area contributed by atoms with Gasteiger partial charge < -0.3 is 14.7 Å². The number of nitrogens with zero attached hydrogens (tertiary/aromatic N) is 3. The Bertz CT molecular complexity index is 872. The van der Waals surface area contributed by atoms with E-state index in [0.717, 1.165) is 25.1 Å². The van der Waals surface area contributed by atoms with Crippen LogP contribution in [-0.4, -0.2) is 67.2 Å². The fourth-order valence-electron chi connectivity index (χ4n) is 3.06. The Morgan fingerprint density at radius 3 is 2.71 bits per heavy atom. The van der Waals surface area contributed by atoms with Gasteiger partial charge in [-0.3, -0.25) is 9.69 Å². The second kappa shape index (κ2) is 12.2. The van der Waals surface area contributed by atoms with Gasteiger partial charge in [0.05, 0.1) is 0 Å². The van der Waals surface area contributed by atoms with Gasteiger partial charge >= 0.3 is 0 Å². The van der Waals surface area contributed by atoms with Crippen molar-refractivity contribution < 1.29 is 9.32 Å². The monoisotopic (exact) mass is 424 g/mol. The SMILES string of the molecule is CC/C=C(\C=C/c1cc(C2=CC(N(C)CCN(C)C)C=CC=C2)on1)C(=O)NC(C)C. The van der Waals surface area contributed by atoms with Crippen LogP contribution in [0.2, 0.25) is 0 Å². The number of hydrogen-bond acceptors (Lipinski definition) is 5. The van der Waals surface area contributed by atoms with E-state index >= 15 is 0 Å². The van der Waals surface area contributed by atoms with Crippen LogP contribution in [0, 0.1) is 0 Å². The Morgan fingerprint density at radius 2 is 2.03 bits per heavy atom. The van der Waals surface area contributed by atoms with Crippen molar-refractivity contribution in [1.82, 2.24) is 20.3 Å². The molecule has 31 heavy (non-hydrogen) atoms. The Morgan fingerprint density at radius 1 is 1.26 bits per heavy atom. The zero-order chi connectivity index (χ0) is 22.8. The fraction of sp³-hybridized carbons (Fsp3) is 0.440. The van der Waals surface area contributed by atoms with Gasteiger partial charge in [0.15, 0.2) is 5.76 Å². The van der Waals surface area contributed by atoms with Crippen LogP contribution >= 0.6 is 0 Å². The summed E-state index contributed by atoms with van der Waals surface area (Å²) in [6.07, 6.45) is 16.8. The number of aromatic nitrogens is 1. The van der Waals surface area contributed by atoms with Crippen molar-refractivity contribution in [3.05, 3.63) is 65.6 Å². The molecule has 1 amide bonds. The summed E-state index contributed by atoms with van der Waals surface area (Å²) in [6.45, 7) is 7.86. The van der Waals surface area contributed by atoms with Gasteiger partial charge in [0.1, 0.15) is 5.69 Å². The Hall–Kier alpha value is -2.70. The van der Waals surface area contributed by atoms with Crippen molar-refractivity contribution in [3.63, 3.8) is 0 Å². The standard InChI is InChI=1S/C25H36N4O2/c1-7-10-20(25(30)26-19(2)3)13-14-22-18-24(31-27-22)21-11-8-9-12-23(17-21)29(6)16-15-28(4)5/h8-14,17-19,23H,7,15-16H2,1-6H3,(H,26,30)/b14-13-,20-10+. The van der Waals surface area contributed by atoms with Crippen LogP contribution in [0.5, 0.6) is 0 Å². The molecular formula is C25H36N4O2. The molecule has 2 rings (SSSR count). The first-order valence-corrected chi connectivity index (χ1v) is 10.9. The lowest BCUT2D eigenvalue weighted by Gasteiger charge is -2.24. The summed E-state index contributed by atoms with van der Waals surface area (Å²) in [4.78, 5) is 16.8. The van der Waals surface area contributed by atoms with Crippen LogP contribution in [0.15, 0.2) is 58.7 Å². The topological polar surface area (TPSA) is 61.6 Å². The lowest BCUT2D eigenvalue weighted by Crippen LogP contribution is -2.34. The maximum absolute atomic E-state index is 12.3. The average Bonchev–Trinajstić information content (AvgIpc) is 3.04. The summed E-state index contributed by atoms with van der Waals surface area (Å²) < 4.78 is 5.61. The minimum absolute atomic E-state index is 0.0825. The largest absolute Gasteiger partial charge is 0.356 e. The molecule has 1 aromatic rings. The molecular weight excluding hydrogens is 388 g/mol. The zero-order valence-corrected chi connectivity index (χ0v) is 19.6. The third kappa shape index (κ3) is 8.15. The number of likely N-dealkylation sites (N-methyl/N-ethyl adjacent to an activating group) is 2. The van der Waals surface area contributed by atoms with Crippen LogP contribution in [0.4, 0.5) is 0 Å². The number of amides is 1. The Balaban J connectivity index is 2.15. The first-order chi connectivity index (χ1) is 14.8. The molecule has 1 aliphatic carbocycles. The molecule has 0 saturated carbocycles. The third-order valence-electron chi connectivity index (χ3n) is 4.81. The molecule has 168 valence electrons.